The SMILES string of the molecule is CCN1C(=O)[C@]2(CC(=O)Nc3[nH]ncc32)c2cc(C)ccc21. The molecule has 1 atom stereocenters. The van der Waals surface area contributed by atoms with Gasteiger partial charge in [0.1, 0.15) is 11.2 Å². The fraction of sp³-hybridized carbons (Fsp3) is 0.312. The maximum atomic E-state index is 13.2. The number of fused-ring (bicyclic) bond motifs is 4. The molecule has 6 heteroatoms. The van der Waals surface area contributed by atoms with Gasteiger partial charge in [-0.3, -0.25) is 14.7 Å². The van der Waals surface area contributed by atoms with Gasteiger partial charge in [0.25, 0.3) is 0 Å². The van der Waals surface area contributed by atoms with Crippen LogP contribution in [0.25, 0.3) is 0 Å². The quantitative estimate of drug-likeness (QED) is 0.841. The molecule has 0 saturated heterocycles. The van der Waals surface area contributed by atoms with Crippen molar-refractivity contribution in [2.24, 2.45) is 0 Å². The van der Waals surface area contributed by atoms with Crippen molar-refractivity contribution in [3.63, 3.8) is 0 Å². The Labute approximate surface area is 127 Å². The van der Waals surface area contributed by atoms with Gasteiger partial charge in [-0.15, -0.1) is 0 Å². The van der Waals surface area contributed by atoms with Crippen molar-refractivity contribution in [2.75, 3.05) is 16.8 Å². The summed E-state index contributed by atoms with van der Waals surface area (Å²) in [5, 5.41) is 9.57. The summed E-state index contributed by atoms with van der Waals surface area (Å²) < 4.78 is 0. The van der Waals surface area contributed by atoms with Gasteiger partial charge in [-0.05, 0) is 25.5 Å². The van der Waals surface area contributed by atoms with Crippen molar-refractivity contribution in [3.05, 3.63) is 41.1 Å². The molecule has 1 aromatic carbocycles. The predicted octanol–water partition coefficient (Wildman–Crippen LogP) is 1.71. The van der Waals surface area contributed by atoms with E-state index >= 15 is 0 Å². The summed E-state index contributed by atoms with van der Waals surface area (Å²) in [7, 11) is 0. The first kappa shape index (κ1) is 13.1. The highest BCUT2D eigenvalue weighted by Gasteiger charge is 2.56. The number of nitrogens with one attached hydrogen (secondary N) is 2. The average molecular weight is 296 g/mol. The fourth-order valence-corrected chi connectivity index (χ4v) is 3.65. The first-order valence-corrected chi connectivity index (χ1v) is 7.34. The number of H-pyrrole nitrogens is 1. The number of aryl methyl sites for hydroxylation is 1. The summed E-state index contributed by atoms with van der Waals surface area (Å²) >= 11 is 0. The number of nitrogens with zero attached hydrogens (tertiary/aromatic N) is 2. The summed E-state index contributed by atoms with van der Waals surface area (Å²) in [6, 6.07) is 5.97. The van der Waals surface area contributed by atoms with Crippen LogP contribution in [0.3, 0.4) is 0 Å². The molecule has 6 nitrogen and oxygen atoms in total. The van der Waals surface area contributed by atoms with Crippen LogP contribution in [0.4, 0.5) is 11.5 Å². The van der Waals surface area contributed by atoms with Crippen LogP contribution in [0, 0.1) is 6.92 Å². The Hall–Kier alpha value is -2.63. The summed E-state index contributed by atoms with van der Waals surface area (Å²) in [4.78, 5) is 27.1. The lowest BCUT2D eigenvalue weighted by Crippen LogP contribution is -2.46. The van der Waals surface area contributed by atoms with Crippen molar-refractivity contribution < 1.29 is 9.59 Å². The van der Waals surface area contributed by atoms with Gasteiger partial charge in [-0.1, -0.05) is 17.7 Å². The number of carbonyl (C=O) groups excluding carboxylic acids is 2. The molecule has 0 fully saturated rings. The normalized spacial score (nSPS) is 22.7. The lowest BCUT2D eigenvalue weighted by molar-refractivity contribution is -0.126. The molecule has 0 bridgehead atoms. The third kappa shape index (κ3) is 1.41. The van der Waals surface area contributed by atoms with E-state index in [9.17, 15) is 9.59 Å². The molecule has 1 aromatic heterocycles. The summed E-state index contributed by atoms with van der Waals surface area (Å²) in [6.45, 7) is 4.51. The van der Waals surface area contributed by atoms with Gasteiger partial charge in [-0.25, -0.2) is 0 Å². The number of likely N-dealkylation sites (N-methyl/N-ethyl adjacent to an activating group) is 1. The van der Waals surface area contributed by atoms with E-state index < -0.39 is 5.41 Å². The van der Waals surface area contributed by atoms with E-state index in [-0.39, 0.29) is 18.2 Å². The van der Waals surface area contributed by atoms with Crippen LogP contribution in [-0.2, 0) is 15.0 Å². The third-order valence-electron chi connectivity index (χ3n) is 4.62. The minimum absolute atomic E-state index is 0.0481. The molecule has 2 aliphatic heterocycles. The minimum atomic E-state index is -0.956. The second kappa shape index (κ2) is 4.19. The number of anilines is 2. The van der Waals surface area contributed by atoms with Crippen LogP contribution in [0.2, 0.25) is 0 Å². The van der Waals surface area contributed by atoms with Crippen molar-refractivity contribution in [1.29, 1.82) is 0 Å². The average Bonchev–Trinajstić information content (AvgIpc) is 3.03. The highest BCUT2D eigenvalue weighted by molar-refractivity contribution is 6.15. The fourth-order valence-electron chi connectivity index (χ4n) is 3.65. The van der Waals surface area contributed by atoms with Crippen LogP contribution in [0.1, 0.15) is 30.0 Å². The van der Waals surface area contributed by atoms with Gasteiger partial charge in [0.2, 0.25) is 11.8 Å². The molecule has 2 aromatic rings. The molecule has 0 aliphatic carbocycles. The van der Waals surface area contributed by atoms with Crippen molar-refractivity contribution in [3.8, 4) is 0 Å². The molecule has 2 N–H and O–H groups in total. The number of aromatic amines is 1. The number of amides is 2. The van der Waals surface area contributed by atoms with E-state index in [0.29, 0.717) is 12.4 Å². The Kier molecular flexibility index (Phi) is 2.49. The maximum absolute atomic E-state index is 13.2. The van der Waals surface area contributed by atoms with Crippen LogP contribution in [-0.4, -0.2) is 28.6 Å². The van der Waals surface area contributed by atoms with Gasteiger partial charge in [0.05, 0.1) is 6.20 Å². The van der Waals surface area contributed by atoms with E-state index in [1.165, 1.54) is 0 Å². The molecule has 4 rings (SSSR count). The Balaban J connectivity index is 2.06. The van der Waals surface area contributed by atoms with Gasteiger partial charge < -0.3 is 10.2 Å². The molecule has 112 valence electrons. The second-order valence-electron chi connectivity index (χ2n) is 5.86. The van der Waals surface area contributed by atoms with Gasteiger partial charge >= 0.3 is 0 Å². The molecule has 0 radical (unpaired) electrons. The molecule has 22 heavy (non-hydrogen) atoms. The van der Waals surface area contributed by atoms with E-state index in [0.717, 1.165) is 22.4 Å². The van der Waals surface area contributed by atoms with Gasteiger partial charge in [-0.2, -0.15) is 5.10 Å². The monoisotopic (exact) mass is 296 g/mol. The number of hydrogen-bond acceptors (Lipinski definition) is 3. The molecule has 2 amide bonds. The third-order valence-corrected chi connectivity index (χ3v) is 4.62. The lowest BCUT2D eigenvalue weighted by atomic mass is 9.71. The molecule has 1 spiro atoms. The van der Waals surface area contributed by atoms with E-state index in [1.54, 1.807) is 11.1 Å². The molecule has 0 unspecified atom stereocenters. The molecule has 2 aliphatic rings. The molecule has 3 heterocycles. The first-order chi connectivity index (χ1) is 10.6. The Morgan fingerprint density at radius 2 is 2.14 bits per heavy atom. The predicted molar refractivity (Wildman–Crippen MR) is 81.8 cm³/mol. The van der Waals surface area contributed by atoms with Crippen LogP contribution in [0.15, 0.2) is 24.4 Å². The second-order valence-corrected chi connectivity index (χ2v) is 5.86. The Morgan fingerprint density at radius 3 is 2.91 bits per heavy atom. The zero-order valence-electron chi connectivity index (χ0n) is 12.4. The number of carbonyl (C=O) groups is 2. The number of rotatable bonds is 1. The number of benzene rings is 1. The zero-order chi connectivity index (χ0) is 15.5. The van der Waals surface area contributed by atoms with Crippen LogP contribution in [0.5, 0.6) is 0 Å². The minimum Gasteiger partial charge on any atom is -0.311 e. The molecular formula is C16H16N4O2. The molecule has 0 saturated carbocycles. The van der Waals surface area contributed by atoms with Crippen molar-refractivity contribution in [1.82, 2.24) is 10.2 Å². The standard InChI is InChI=1S/C16H16N4O2/c1-3-20-12-5-4-9(2)6-10(12)16(15(20)22)7-13(21)18-14-11(16)8-17-19-14/h4-6,8H,3,7H2,1-2H3,(H2,17,18,19,21)/t16-/m1/s1. The van der Waals surface area contributed by atoms with Crippen LogP contribution >= 0.6 is 0 Å². The zero-order valence-corrected chi connectivity index (χ0v) is 12.4. The van der Waals surface area contributed by atoms with E-state index in [4.69, 9.17) is 0 Å². The van der Waals surface area contributed by atoms with E-state index in [2.05, 4.69) is 15.5 Å². The highest BCUT2D eigenvalue weighted by atomic mass is 16.2. The van der Waals surface area contributed by atoms with Crippen LogP contribution < -0.4 is 10.2 Å². The topological polar surface area (TPSA) is 78.1 Å². The number of hydrogen-bond donors (Lipinski definition) is 2. The Morgan fingerprint density at radius 1 is 1.32 bits per heavy atom. The first-order valence-electron chi connectivity index (χ1n) is 7.34. The van der Waals surface area contributed by atoms with Crippen molar-refractivity contribution in [2.45, 2.75) is 25.7 Å². The summed E-state index contributed by atoms with van der Waals surface area (Å²) in [5.41, 5.74) is 2.65. The van der Waals surface area contributed by atoms with E-state index in [1.807, 2.05) is 32.0 Å². The largest absolute Gasteiger partial charge is 0.311 e. The van der Waals surface area contributed by atoms with Gasteiger partial charge in [0, 0.05) is 24.2 Å². The number of aromatic nitrogens is 2. The summed E-state index contributed by atoms with van der Waals surface area (Å²) in [5.74, 6) is 0.304. The molecular weight excluding hydrogens is 280 g/mol. The van der Waals surface area contributed by atoms with Gasteiger partial charge in [0.15, 0.2) is 0 Å². The summed E-state index contributed by atoms with van der Waals surface area (Å²) in [6.07, 6.45) is 1.77. The maximum Gasteiger partial charge on any atom is 0.242 e. The smallest absolute Gasteiger partial charge is 0.242 e. The lowest BCUT2D eigenvalue weighted by Gasteiger charge is -2.31. The Bertz CT molecular complexity index is 810. The highest BCUT2D eigenvalue weighted by Crippen LogP contribution is 2.51. The van der Waals surface area contributed by atoms with Crippen molar-refractivity contribution >= 4 is 23.3 Å².